The van der Waals surface area contributed by atoms with Crippen LogP contribution in [0.1, 0.15) is 24.3 Å². The van der Waals surface area contributed by atoms with Gasteiger partial charge in [0.1, 0.15) is 5.82 Å². The van der Waals surface area contributed by atoms with Crippen LogP contribution in [-0.2, 0) is 22.1 Å². The minimum atomic E-state index is -0.861. The highest BCUT2D eigenvalue weighted by Crippen LogP contribution is 2.11. The van der Waals surface area contributed by atoms with Gasteiger partial charge in [-0.1, -0.05) is 6.92 Å². The Kier molecular flexibility index (Phi) is 5.14. The van der Waals surface area contributed by atoms with E-state index in [0.717, 1.165) is 0 Å². The van der Waals surface area contributed by atoms with Crippen molar-refractivity contribution in [3.05, 3.63) is 12.0 Å². The molecule has 1 unspecified atom stereocenters. The van der Waals surface area contributed by atoms with Crippen molar-refractivity contribution < 1.29 is 13.7 Å². The Balaban J connectivity index is 2.70. The third-order valence-electron chi connectivity index (χ3n) is 2.23. The SMILES string of the molecule is CCOC(=O)c1ncn(CCS(=O)CC)c1N. The molecule has 0 saturated heterocycles. The average Bonchev–Trinajstić information content (AvgIpc) is 2.68. The second-order valence-electron chi connectivity index (χ2n) is 3.32. The molecule has 6 nitrogen and oxygen atoms in total. The second kappa shape index (κ2) is 6.39. The summed E-state index contributed by atoms with van der Waals surface area (Å²) in [4.78, 5) is 15.3. The van der Waals surface area contributed by atoms with Crippen LogP contribution in [0.25, 0.3) is 0 Å². The lowest BCUT2D eigenvalue weighted by atomic mass is 10.4. The van der Waals surface area contributed by atoms with Crippen LogP contribution in [0.15, 0.2) is 6.33 Å². The number of anilines is 1. The van der Waals surface area contributed by atoms with Crippen LogP contribution in [0.3, 0.4) is 0 Å². The zero-order chi connectivity index (χ0) is 12.8. The van der Waals surface area contributed by atoms with Crippen LogP contribution >= 0.6 is 0 Å². The fraction of sp³-hybridized carbons (Fsp3) is 0.600. The number of aryl methyl sites for hydroxylation is 1. The van der Waals surface area contributed by atoms with Crippen molar-refractivity contribution in [2.45, 2.75) is 20.4 Å². The molecule has 1 aromatic rings. The molecule has 1 heterocycles. The van der Waals surface area contributed by atoms with Gasteiger partial charge in [0.05, 0.1) is 12.9 Å². The topological polar surface area (TPSA) is 87.2 Å². The molecule has 0 aliphatic rings. The number of nitrogen functional groups attached to an aromatic ring is 1. The first-order valence-corrected chi connectivity index (χ1v) is 6.91. The molecule has 0 spiro atoms. The van der Waals surface area contributed by atoms with Crippen molar-refractivity contribution in [3.8, 4) is 0 Å². The molecule has 0 aromatic carbocycles. The quantitative estimate of drug-likeness (QED) is 0.748. The average molecular weight is 259 g/mol. The zero-order valence-corrected chi connectivity index (χ0v) is 10.8. The molecule has 0 amide bonds. The number of nitrogens with zero attached hydrogens (tertiary/aromatic N) is 2. The summed E-state index contributed by atoms with van der Waals surface area (Å²) in [5.41, 5.74) is 5.88. The van der Waals surface area contributed by atoms with Crippen LogP contribution < -0.4 is 5.73 Å². The molecular weight excluding hydrogens is 242 g/mol. The van der Waals surface area contributed by atoms with Crippen molar-refractivity contribution in [2.24, 2.45) is 0 Å². The van der Waals surface area contributed by atoms with Gasteiger partial charge in [-0.15, -0.1) is 0 Å². The molecule has 17 heavy (non-hydrogen) atoms. The summed E-state index contributed by atoms with van der Waals surface area (Å²) in [6.45, 7) is 4.34. The molecule has 0 radical (unpaired) electrons. The molecule has 0 aliphatic carbocycles. The van der Waals surface area contributed by atoms with Gasteiger partial charge in [0.25, 0.3) is 0 Å². The predicted octanol–water partition coefficient (Wildman–Crippen LogP) is 0.411. The maximum atomic E-state index is 11.4. The first-order chi connectivity index (χ1) is 8.10. The van der Waals surface area contributed by atoms with E-state index in [1.807, 2.05) is 6.92 Å². The number of rotatable bonds is 6. The van der Waals surface area contributed by atoms with Crippen molar-refractivity contribution in [1.82, 2.24) is 9.55 Å². The van der Waals surface area contributed by atoms with Gasteiger partial charge < -0.3 is 15.0 Å². The lowest BCUT2D eigenvalue weighted by Crippen LogP contribution is -2.13. The Bertz CT molecular complexity index is 417. The van der Waals surface area contributed by atoms with E-state index in [9.17, 15) is 9.00 Å². The molecule has 1 aromatic heterocycles. The van der Waals surface area contributed by atoms with E-state index in [-0.39, 0.29) is 18.1 Å². The summed E-state index contributed by atoms with van der Waals surface area (Å²) in [6, 6.07) is 0. The molecule has 0 fully saturated rings. The summed E-state index contributed by atoms with van der Waals surface area (Å²) in [6.07, 6.45) is 1.47. The highest BCUT2D eigenvalue weighted by Gasteiger charge is 2.16. The van der Waals surface area contributed by atoms with Gasteiger partial charge in [-0.2, -0.15) is 0 Å². The summed E-state index contributed by atoms with van der Waals surface area (Å²) in [5, 5.41) is 0. The lowest BCUT2D eigenvalue weighted by molar-refractivity contribution is 0.0521. The molecule has 2 N–H and O–H groups in total. The number of aromatic nitrogens is 2. The maximum absolute atomic E-state index is 11.4. The van der Waals surface area contributed by atoms with E-state index in [1.165, 1.54) is 6.33 Å². The summed E-state index contributed by atoms with van der Waals surface area (Å²) in [5.74, 6) is 0.843. The Morgan fingerprint density at radius 3 is 2.88 bits per heavy atom. The van der Waals surface area contributed by atoms with Gasteiger partial charge in [0.2, 0.25) is 0 Å². The molecule has 0 bridgehead atoms. The van der Waals surface area contributed by atoms with Crippen LogP contribution in [0.4, 0.5) is 5.82 Å². The number of hydrogen-bond donors (Lipinski definition) is 1. The van der Waals surface area contributed by atoms with Crippen molar-refractivity contribution >= 4 is 22.6 Å². The second-order valence-corrected chi connectivity index (χ2v) is 5.19. The van der Waals surface area contributed by atoms with Gasteiger partial charge in [-0.3, -0.25) is 4.21 Å². The Morgan fingerprint density at radius 1 is 1.59 bits per heavy atom. The van der Waals surface area contributed by atoms with E-state index in [1.54, 1.807) is 11.5 Å². The molecule has 0 aliphatic heterocycles. The van der Waals surface area contributed by atoms with E-state index in [4.69, 9.17) is 10.5 Å². The zero-order valence-electron chi connectivity index (χ0n) is 10.0. The van der Waals surface area contributed by atoms with E-state index < -0.39 is 16.8 Å². The van der Waals surface area contributed by atoms with Crippen LogP contribution in [-0.4, -0.2) is 37.8 Å². The highest BCUT2D eigenvalue weighted by molar-refractivity contribution is 7.84. The fourth-order valence-electron chi connectivity index (χ4n) is 1.27. The Labute approximate surface area is 103 Å². The van der Waals surface area contributed by atoms with Gasteiger partial charge in [-0.05, 0) is 6.92 Å². The fourth-order valence-corrected chi connectivity index (χ4v) is 1.96. The maximum Gasteiger partial charge on any atom is 0.360 e. The van der Waals surface area contributed by atoms with Crippen molar-refractivity contribution in [3.63, 3.8) is 0 Å². The number of carbonyl (C=O) groups excluding carboxylic acids is 1. The molecule has 1 rings (SSSR count). The van der Waals surface area contributed by atoms with Gasteiger partial charge in [-0.25, -0.2) is 9.78 Å². The minimum Gasteiger partial charge on any atom is -0.461 e. The summed E-state index contributed by atoms with van der Waals surface area (Å²) in [7, 11) is -0.861. The minimum absolute atomic E-state index is 0.120. The van der Waals surface area contributed by atoms with Crippen LogP contribution in [0.5, 0.6) is 0 Å². The first kappa shape index (κ1) is 13.7. The third kappa shape index (κ3) is 3.55. The van der Waals surface area contributed by atoms with Gasteiger partial charge >= 0.3 is 5.97 Å². The standard InChI is InChI=1S/C10H17N3O3S/c1-3-16-10(14)8-9(11)13(7-12-8)5-6-17(15)4-2/h7H,3-6,11H2,1-2H3. The number of ether oxygens (including phenoxy) is 1. The third-order valence-corrected chi connectivity index (χ3v) is 3.51. The smallest absolute Gasteiger partial charge is 0.360 e. The normalized spacial score (nSPS) is 12.4. The number of nitrogens with two attached hydrogens (primary N) is 1. The number of carbonyl (C=O) groups is 1. The summed E-state index contributed by atoms with van der Waals surface area (Å²) >= 11 is 0. The number of hydrogen-bond acceptors (Lipinski definition) is 5. The van der Waals surface area contributed by atoms with Gasteiger partial charge in [0, 0.05) is 28.9 Å². The Hall–Kier alpha value is -1.37. The Morgan fingerprint density at radius 2 is 2.29 bits per heavy atom. The molecule has 7 heteroatoms. The van der Waals surface area contributed by atoms with Crippen LogP contribution in [0, 0.1) is 0 Å². The summed E-state index contributed by atoms with van der Waals surface area (Å²) < 4.78 is 17.7. The van der Waals surface area contributed by atoms with Gasteiger partial charge in [0.15, 0.2) is 5.69 Å². The number of imidazole rings is 1. The molecular formula is C10H17N3O3S. The van der Waals surface area contributed by atoms with Crippen molar-refractivity contribution in [1.29, 1.82) is 0 Å². The monoisotopic (exact) mass is 259 g/mol. The van der Waals surface area contributed by atoms with E-state index in [0.29, 0.717) is 18.1 Å². The largest absolute Gasteiger partial charge is 0.461 e. The molecule has 1 atom stereocenters. The van der Waals surface area contributed by atoms with E-state index in [2.05, 4.69) is 4.98 Å². The predicted molar refractivity (Wildman–Crippen MR) is 66.1 cm³/mol. The first-order valence-electron chi connectivity index (χ1n) is 5.42. The molecule has 96 valence electrons. The molecule has 0 saturated carbocycles. The van der Waals surface area contributed by atoms with E-state index >= 15 is 0 Å². The van der Waals surface area contributed by atoms with Crippen molar-refractivity contribution in [2.75, 3.05) is 23.8 Å². The van der Waals surface area contributed by atoms with Crippen LogP contribution in [0.2, 0.25) is 0 Å². The lowest BCUT2D eigenvalue weighted by Gasteiger charge is -2.04. The number of esters is 1. The highest BCUT2D eigenvalue weighted by atomic mass is 32.2.